The lowest BCUT2D eigenvalue weighted by molar-refractivity contribution is 0.0268. The van der Waals surface area contributed by atoms with Gasteiger partial charge in [0.15, 0.2) is 0 Å². The van der Waals surface area contributed by atoms with Crippen LogP contribution in [0.1, 0.15) is 33.6 Å². The molecule has 0 aliphatic carbocycles. The van der Waals surface area contributed by atoms with Crippen molar-refractivity contribution in [2.24, 2.45) is 5.92 Å². The summed E-state index contributed by atoms with van der Waals surface area (Å²) >= 11 is 1.76. The van der Waals surface area contributed by atoms with Gasteiger partial charge < -0.3 is 14.7 Å². The predicted octanol–water partition coefficient (Wildman–Crippen LogP) is 3.79. The van der Waals surface area contributed by atoms with Crippen LogP contribution in [0, 0.1) is 5.92 Å². The number of amides is 1. The van der Waals surface area contributed by atoms with Gasteiger partial charge >= 0.3 is 6.09 Å². The first-order chi connectivity index (χ1) is 10.8. The molecule has 1 fully saturated rings. The van der Waals surface area contributed by atoms with Gasteiger partial charge in [0, 0.05) is 29.7 Å². The zero-order chi connectivity index (χ0) is 16.9. The molecule has 1 heterocycles. The zero-order valence-corrected chi connectivity index (χ0v) is 15.0. The van der Waals surface area contributed by atoms with E-state index >= 15 is 0 Å². The van der Waals surface area contributed by atoms with Crippen LogP contribution in [-0.2, 0) is 4.74 Å². The molecule has 2 atom stereocenters. The van der Waals surface area contributed by atoms with E-state index in [-0.39, 0.29) is 18.1 Å². The molecule has 0 radical (unpaired) electrons. The second-order valence-electron chi connectivity index (χ2n) is 6.99. The molecular formula is C18H27NO3S. The second kappa shape index (κ2) is 8.06. The van der Waals surface area contributed by atoms with E-state index in [9.17, 15) is 9.90 Å². The summed E-state index contributed by atoms with van der Waals surface area (Å²) in [5.74, 6) is 1.03. The van der Waals surface area contributed by atoms with E-state index in [1.54, 1.807) is 16.7 Å². The van der Waals surface area contributed by atoms with Crippen LogP contribution < -0.4 is 0 Å². The van der Waals surface area contributed by atoms with Crippen molar-refractivity contribution in [1.29, 1.82) is 0 Å². The number of likely N-dealkylation sites (tertiary alicyclic amines) is 1. The number of ether oxygens (including phenoxy) is 1. The molecule has 2 rings (SSSR count). The van der Waals surface area contributed by atoms with E-state index < -0.39 is 5.60 Å². The van der Waals surface area contributed by atoms with Crippen LogP contribution in [0.3, 0.4) is 0 Å². The normalized spacial score (nSPS) is 19.7. The summed E-state index contributed by atoms with van der Waals surface area (Å²) in [6.45, 7) is 6.87. The van der Waals surface area contributed by atoms with Crippen molar-refractivity contribution in [3.8, 4) is 0 Å². The highest BCUT2D eigenvalue weighted by Crippen LogP contribution is 2.26. The average Bonchev–Trinajstić information content (AvgIpc) is 2.96. The fourth-order valence-corrected chi connectivity index (χ4v) is 3.59. The highest BCUT2D eigenvalue weighted by molar-refractivity contribution is 7.99. The van der Waals surface area contributed by atoms with Crippen molar-refractivity contribution in [3.63, 3.8) is 0 Å². The Morgan fingerprint density at radius 1 is 1.39 bits per heavy atom. The molecule has 0 bridgehead atoms. The maximum absolute atomic E-state index is 12.0. The Morgan fingerprint density at radius 3 is 2.74 bits per heavy atom. The third-order valence-electron chi connectivity index (χ3n) is 3.85. The molecule has 1 N–H and O–H groups in total. The molecule has 1 aromatic carbocycles. The number of nitrogens with zero attached hydrogens (tertiary/aromatic N) is 1. The fraction of sp³-hybridized carbons (Fsp3) is 0.611. The highest BCUT2D eigenvalue weighted by atomic mass is 32.2. The first-order valence-corrected chi connectivity index (χ1v) is 9.17. The Hall–Kier alpha value is -1.20. The van der Waals surface area contributed by atoms with Crippen LogP contribution >= 0.6 is 11.8 Å². The number of hydrogen-bond donors (Lipinski definition) is 1. The molecule has 128 valence electrons. The van der Waals surface area contributed by atoms with Crippen LogP contribution in [0.25, 0.3) is 0 Å². The average molecular weight is 337 g/mol. The minimum absolute atomic E-state index is 0.152. The molecule has 4 nitrogen and oxygen atoms in total. The Kier molecular flexibility index (Phi) is 6.36. The summed E-state index contributed by atoms with van der Waals surface area (Å²) < 4.78 is 5.39. The van der Waals surface area contributed by atoms with Crippen LogP contribution in [0.15, 0.2) is 35.2 Å². The number of rotatable bonds is 5. The molecule has 0 saturated carbocycles. The quantitative estimate of drug-likeness (QED) is 0.831. The number of carbonyl (C=O) groups excluding carboxylic acids is 1. The van der Waals surface area contributed by atoms with E-state index in [0.29, 0.717) is 13.1 Å². The van der Waals surface area contributed by atoms with Gasteiger partial charge in [0.25, 0.3) is 0 Å². The smallest absolute Gasteiger partial charge is 0.410 e. The van der Waals surface area contributed by atoms with Gasteiger partial charge in [-0.3, -0.25) is 0 Å². The van der Waals surface area contributed by atoms with E-state index in [0.717, 1.165) is 18.6 Å². The summed E-state index contributed by atoms with van der Waals surface area (Å²) in [6.07, 6.45) is 0.951. The Balaban J connectivity index is 1.72. The number of carbonyl (C=O) groups is 1. The third kappa shape index (κ3) is 6.07. The molecule has 1 saturated heterocycles. The lowest BCUT2D eigenvalue weighted by atomic mass is 10.00. The molecule has 23 heavy (non-hydrogen) atoms. The van der Waals surface area contributed by atoms with Gasteiger partial charge in [-0.25, -0.2) is 4.79 Å². The summed E-state index contributed by atoms with van der Waals surface area (Å²) in [5.41, 5.74) is -0.472. The van der Waals surface area contributed by atoms with Crippen molar-refractivity contribution in [3.05, 3.63) is 30.3 Å². The maximum Gasteiger partial charge on any atom is 0.410 e. The fourth-order valence-electron chi connectivity index (χ4n) is 2.64. The molecule has 0 spiro atoms. The number of aliphatic hydroxyl groups excluding tert-OH is 1. The topological polar surface area (TPSA) is 49.8 Å². The van der Waals surface area contributed by atoms with E-state index in [2.05, 4.69) is 12.1 Å². The van der Waals surface area contributed by atoms with Crippen molar-refractivity contribution in [2.75, 3.05) is 18.8 Å². The van der Waals surface area contributed by atoms with Crippen LogP contribution in [0.2, 0.25) is 0 Å². The van der Waals surface area contributed by atoms with Crippen molar-refractivity contribution in [2.45, 2.75) is 50.2 Å². The van der Waals surface area contributed by atoms with Crippen molar-refractivity contribution in [1.82, 2.24) is 4.90 Å². The standard InChI is InChI=1S/C18H27NO3S/c1-18(2,3)22-17(21)19-11-9-14(13-19)16(20)10-12-23-15-7-5-4-6-8-15/h4-8,14,16,20H,9-13H2,1-3H3. The van der Waals surface area contributed by atoms with Crippen molar-refractivity contribution >= 4 is 17.9 Å². The molecule has 0 aromatic heterocycles. The monoisotopic (exact) mass is 337 g/mol. The van der Waals surface area contributed by atoms with E-state index in [4.69, 9.17) is 4.74 Å². The lowest BCUT2D eigenvalue weighted by Gasteiger charge is -2.25. The number of aliphatic hydroxyl groups is 1. The van der Waals surface area contributed by atoms with Crippen molar-refractivity contribution < 1.29 is 14.6 Å². The molecule has 2 unspecified atom stereocenters. The predicted molar refractivity (Wildman–Crippen MR) is 93.7 cm³/mol. The number of hydrogen-bond acceptors (Lipinski definition) is 4. The van der Waals surface area contributed by atoms with Gasteiger partial charge in [-0.05, 0) is 45.7 Å². The van der Waals surface area contributed by atoms with Gasteiger partial charge in [-0.1, -0.05) is 18.2 Å². The minimum Gasteiger partial charge on any atom is -0.444 e. The third-order valence-corrected chi connectivity index (χ3v) is 4.89. The summed E-state index contributed by atoms with van der Waals surface area (Å²) in [5, 5.41) is 10.4. The van der Waals surface area contributed by atoms with Gasteiger partial charge in [-0.2, -0.15) is 0 Å². The lowest BCUT2D eigenvalue weighted by Crippen LogP contribution is -2.36. The van der Waals surface area contributed by atoms with Gasteiger partial charge in [0.1, 0.15) is 5.60 Å². The molecule has 1 aliphatic rings. The summed E-state index contributed by atoms with van der Waals surface area (Å²) in [6, 6.07) is 10.2. The largest absolute Gasteiger partial charge is 0.444 e. The first kappa shape index (κ1) is 18.1. The van der Waals surface area contributed by atoms with E-state index in [1.807, 2.05) is 39.0 Å². The molecule has 1 aromatic rings. The molecule has 1 amide bonds. The number of thioether (sulfide) groups is 1. The number of benzene rings is 1. The minimum atomic E-state index is -0.472. The summed E-state index contributed by atoms with van der Waals surface area (Å²) in [4.78, 5) is 15.0. The highest BCUT2D eigenvalue weighted by Gasteiger charge is 2.33. The summed E-state index contributed by atoms with van der Waals surface area (Å²) in [7, 11) is 0. The Morgan fingerprint density at radius 2 is 2.09 bits per heavy atom. The maximum atomic E-state index is 12.0. The van der Waals surface area contributed by atoms with Gasteiger partial charge in [0.2, 0.25) is 0 Å². The molecule has 1 aliphatic heterocycles. The second-order valence-corrected chi connectivity index (χ2v) is 8.16. The van der Waals surface area contributed by atoms with Crippen LogP contribution in [0.4, 0.5) is 4.79 Å². The zero-order valence-electron chi connectivity index (χ0n) is 14.2. The van der Waals surface area contributed by atoms with Gasteiger partial charge in [-0.15, -0.1) is 11.8 Å². The Bertz CT molecular complexity index is 501. The molecule has 5 heteroatoms. The van der Waals surface area contributed by atoms with Crippen LogP contribution in [-0.4, -0.2) is 46.6 Å². The van der Waals surface area contributed by atoms with Gasteiger partial charge in [0.05, 0.1) is 6.10 Å². The molecular weight excluding hydrogens is 310 g/mol. The first-order valence-electron chi connectivity index (χ1n) is 8.19. The van der Waals surface area contributed by atoms with E-state index in [1.165, 1.54) is 4.90 Å². The van der Waals surface area contributed by atoms with Crippen LogP contribution in [0.5, 0.6) is 0 Å². The Labute approximate surface area is 143 Å². The SMILES string of the molecule is CC(C)(C)OC(=O)N1CCC(C(O)CCSc2ccccc2)C1.